The molecule has 1 aliphatic rings. The highest BCUT2D eigenvalue weighted by molar-refractivity contribution is 9.10. The van der Waals surface area contributed by atoms with E-state index >= 15 is 0 Å². The molecule has 0 spiro atoms. The van der Waals surface area contributed by atoms with Gasteiger partial charge in [-0.2, -0.15) is 0 Å². The summed E-state index contributed by atoms with van der Waals surface area (Å²) in [6, 6.07) is 18.2. The Morgan fingerprint density at radius 3 is 2.62 bits per heavy atom. The molecule has 1 atom stereocenters. The minimum absolute atomic E-state index is 0.00488. The normalized spacial score (nSPS) is 14.6. The van der Waals surface area contributed by atoms with E-state index in [4.69, 9.17) is 14.2 Å². The van der Waals surface area contributed by atoms with Crippen LogP contribution in [0.2, 0.25) is 0 Å². The Bertz CT molecular complexity index is 2000. The van der Waals surface area contributed by atoms with Gasteiger partial charge in [-0.05, 0) is 79.0 Å². The number of carbonyl (C=O) groups is 1. The van der Waals surface area contributed by atoms with Gasteiger partial charge in [-0.15, -0.1) is 0 Å². The zero-order valence-electron chi connectivity index (χ0n) is 25.0. The zero-order chi connectivity index (χ0) is 32.2. The standard InChI is InChI=1S/C33H30BrN3O7S/c1-5-42-32(39)29-20(4)35-33-36(30(29)24-11-6-7-12-26(24)44-19(2)3)31(38)28(45-33)17-21-13-14-27(25(34)16-21)43-18-22-9-8-10-23(15-22)37(40)41/h6-17,19,30H,5,18H2,1-4H3/b28-17+/t30-/m0/s1. The number of carbonyl (C=O) groups excluding carboxylic acids is 1. The van der Waals surface area contributed by atoms with Crippen molar-refractivity contribution in [3.8, 4) is 11.5 Å². The smallest absolute Gasteiger partial charge is 0.338 e. The van der Waals surface area contributed by atoms with Gasteiger partial charge in [-0.25, -0.2) is 9.79 Å². The molecule has 0 saturated heterocycles. The summed E-state index contributed by atoms with van der Waals surface area (Å²) >= 11 is 4.76. The molecule has 0 radical (unpaired) electrons. The largest absolute Gasteiger partial charge is 0.491 e. The number of nitro benzene ring substituents is 1. The number of allylic oxidation sites excluding steroid dienone is 1. The van der Waals surface area contributed by atoms with Gasteiger partial charge in [0.15, 0.2) is 4.80 Å². The molecule has 4 aromatic rings. The van der Waals surface area contributed by atoms with Gasteiger partial charge in [0.25, 0.3) is 11.2 Å². The number of benzene rings is 3. The lowest BCUT2D eigenvalue weighted by atomic mass is 9.95. The van der Waals surface area contributed by atoms with Crippen LogP contribution in [0.3, 0.4) is 0 Å². The molecule has 0 fully saturated rings. The van der Waals surface area contributed by atoms with Crippen molar-refractivity contribution < 1.29 is 23.9 Å². The molecule has 0 N–H and O–H groups in total. The van der Waals surface area contributed by atoms with Gasteiger partial charge >= 0.3 is 5.97 Å². The number of aromatic nitrogens is 1. The van der Waals surface area contributed by atoms with E-state index in [-0.39, 0.29) is 36.1 Å². The molecular weight excluding hydrogens is 662 g/mol. The number of thiazole rings is 1. The summed E-state index contributed by atoms with van der Waals surface area (Å²) < 4.78 is 20.0. The first-order chi connectivity index (χ1) is 21.6. The molecule has 0 aliphatic carbocycles. The van der Waals surface area contributed by atoms with E-state index in [1.165, 1.54) is 28.0 Å². The number of halogens is 1. The molecule has 0 bridgehead atoms. The maximum Gasteiger partial charge on any atom is 0.338 e. The van der Waals surface area contributed by atoms with Crippen LogP contribution in [0.25, 0.3) is 6.08 Å². The van der Waals surface area contributed by atoms with Crippen LogP contribution in [0.15, 0.2) is 92.3 Å². The number of ether oxygens (including phenoxy) is 3. The minimum atomic E-state index is -0.797. The van der Waals surface area contributed by atoms with Crippen LogP contribution in [-0.2, 0) is 16.1 Å². The first-order valence-electron chi connectivity index (χ1n) is 14.2. The summed E-state index contributed by atoms with van der Waals surface area (Å²) in [7, 11) is 0. The monoisotopic (exact) mass is 691 g/mol. The van der Waals surface area contributed by atoms with E-state index in [1.54, 1.807) is 38.1 Å². The van der Waals surface area contributed by atoms with E-state index in [1.807, 2.05) is 50.2 Å². The number of rotatable bonds is 10. The predicted molar refractivity (Wildman–Crippen MR) is 174 cm³/mol. The summed E-state index contributed by atoms with van der Waals surface area (Å²) in [4.78, 5) is 43.0. The number of fused-ring (bicyclic) bond motifs is 1. The van der Waals surface area contributed by atoms with Crippen molar-refractivity contribution in [3.05, 3.63) is 129 Å². The van der Waals surface area contributed by atoms with E-state index < -0.39 is 16.9 Å². The molecule has 0 amide bonds. The molecule has 3 aromatic carbocycles. The molecule has 0 saturated carbocycles. The average Bonchev–Trinajstić information content (AvgIpc) is 3.30. The van der Waals surface area contributed by atoms with Crippen LogP contribution in [0.4, 0.5) is 5.69 Å². The Morgan fingerprint density at radius 1 is 1.13 bits per heavy atom. The van der Waals surface area contributed by atoms with Crippen molar-refractivity contribution in [1.82, 2.24) is 4.57 Å². The summed E-state index contributed by atoms with van der Waals surface area (Å²) in [5.74, 6) is 0.562. The quantitative estimate of drug-likeness (QED) is 0.116. The van der Waals surface area contributed by atoms with E-state index in [2.05, 4.69) is 20.9 Å². The third-order valence-corrected chi connectivity index (χ3v) is 8.47. The fraction of sp³-hybridized carbons (Fsp3) is 0.242. The molecule has 10 nitrogen and oxygen atoms in total. The minimum Gasteiger partial charge on any atom is -0.491 e. The lowest BCUT2D eigenvalue weighted by Gasteiger charge is -2.26. The number of esters is 1. The van der Waals surface area contributed by atoms with Crippen LogP contribution in [0.1, 0.15) is 50.4 Å². The summed E-state index contributed by atoms with van der Waals surface area (Å²) in [5, 5.41) is 11.1. The van der Waals surface area contributed by atoms with Gasteiger partial charge in [-0.3, -0.25) is 19.5 Å². The highest BCUT2D eigenvalue weighted by Crippen LogP contribution is 2.36. The SMILES string of the molecule is CCOC(=O)C1=C(C)N=c2s/c(=C/c3ccc(OCc4cccc([N+](=O)[O-])c4)c(Br)c3)c(=O)n2[C@H]1c1ccccc1OC(C)C. The second-order valence-corrected chi connectivity index (χ2v) is 12.3. The fourth-order valence-corrected chi connectivity index (χ4v) is 6.51. The second-order valence-electron chi connectivity index (χ2n) is 10.4. The van der Waals surface area contributed by atoms with Crippen LogP contribution >= 0.6 is 27.3 Å². The number of nitrogens with zero attached hydrogens (tertiary/aromatic N) is 3. The molecule has 1 aliphatic heterocycles. The summed E-state index contributed by atoms with van der Waals surface area (Å²) in [5.41, 5.74) is 2.49. The van der Waals surface area contributed by atoms with Crippen LogP contribution in [-0.4, -0.2) is 28.2 Å². The maximum absolute atomic E-state index is 14.0. The number of para-hydroxylation sites is 1. The zero-order valence-corrected chi connectivity index (χ0v) is 27.4. The van der Waals surface area contributed by atoms with Crippen LogP contribution < -0.4 is 24.4 Å². The Morgan fingerprint density at radius 2 is 1.91 bits per heavy atom. The molecule has 5 rings (SSSR count). The Labute approximate surface area is 271 Å². The Kier molecular flexibility index (Phi) is 9.64. The summed E-state index contributed by atoms with van der Waals surface area (Å²) in [6.45, 7) is 7.62. The number of non-ortho nitro benzene ring substituents is 1. The highest BCUT2D eigenvalue weighted by atomic mass is 79.9. The number of hydrogen-bond donors (Lipinski definition) is 0. The maximum atomic E-state index is 14.0. The average molecular weight is 693 g/mol. The molecular formula is C33H30BrN3O7S. The van der Waals surface area contributed by atoms with Crippen molar-refractivity contribution in [2.24, 2.45) is 4.99 Å². The van der Waals surface area contributed by atoms with Crippen molar-refractivity contribution in [1.29, 1.82) is 0 Å². The molecule has 1 aromatic heterocycles. The molecule has 2 heterocycles. The van der Waals surface area contributed by atoms with Gasteiger partial charge in [0, 0.05) is 17.7 Å². The second kappa shape index (κ2) is 13.6. The lowest BCUT2D eigenvalue weighted by Crippen LogP contribution is -2.40. The first-order valence-corrected chi connectivity index (χ1v) is 15.8. The predicted octanol–water partition coefficient (Wildman–Crippen LogP) is 5.84. The highest BCUT2D eigenvalue weighted by Gasteiger charge is 2.35. The number of hydrogen-bond acceptors (Lipinski definition) is 9. The van der Waals surface area contributed by atoms with Crippen molar-refractivity contribution >= 4 is 45.0 Å². The Balaban J connectivity index is 1.53. The van der Waals surface area contributed by atoms with Gasteiger partial charge in [-0.1, -0.05) is 47.7 Å². The van der Waals surface area contributed by atoms with Gasteiger partial charge in [0.05, 0.1) is 37.9 Å². The van der Waals surface area contributed by atoms with Crippen LogP contribution in [0, 0.1) is 10.1 Å². The molecule has 45 heavy (non-hydrogen) atoms. The Hall–Kier alpha value is -4.55. The lowest BCUT2D eigenvalue weighted by molar-refractivity contribution is -0.384. The van der Waals surface area contributed by atoms with E-state index in [9.17, 15) is 19.7 Å². The third kappa shape index (κ3) is 6.91. The molecule has 12 heteroatoms. The third-order valence-electron chi connectivity index (χ3n) is 6.86. The van der Waals surface area contributed by atoms with Crippen molar-refractivity contribution in [3.63, 3.8) is 0 Å². The van der Waals surface area contributed by atoms with E-state index in [0.717, 1.165) is 5.56 Å². The fourth-order valence-electron chi connectivity index (χ4n) is 4.95. The molecule has 232 valence electrons. The van der Waals surface area contributed by atoms with Crippen molar-refractivity contribution in [2.45, 2.75) is 46.4 Å². The first kappa shape index (κ1) is 31.9. The van der Waals surface area contributed by atoms with Crippen LogP contribution in [0.5, 0.6) is 11.5 Å². The topological polar surface area (TPSA) is 122 Å². The van der Waals surface area contributed by atoms with E-state index in [0.29, 0.717) is 42.1 Å². The van der Waals surface area contributed by atoms with Gasteiger partial charge in [0.1, 0.15) is 24.1 Å². The summed E-state index contributed by atoms with van der Waals surface area (Å²) in [6.07, 6.45) is 1.63. The van der Waals surface area contributed by atoms with Crippen molar-refractivity contribution in [2.75, 3.05) is 6.61 Å². The number of nitro groups is 1. The van der Waals surface area contributed by atoms with Gasteiger partial charge in [0.2, 0.25) is 0 Å². The molecule has 0 unspecified atom stereocenters. The van der Waals surface area contributed by atoms with Gasteiger partial charge < -0.3 is 14.2 Å².